The van der Waals surface area contributed by atoms with Crippen LogP contribution in [0.5, 0.6) is 0 Å². The standard InChI is InChI=1S/C27H23F/c1-18-15-16-21-20-10-4-6-12-23(20)27(25(21)17-18,22-11-5-3-9-19(22)2)24-13-7-8-14-26(24)28/h3-6,9-17H,7-8H2,1-2H3. The third kappa shape index (κ3) is 2.22. The molecule has 0 fully saturated rings. The van der Waals surface area contributed by atoms with Crippen LogP contribution in [0.1, 0.15) is 40.7 Å². The maximum atomic E-state index is 15.4. The van der Waals surface area contributed by atoms with Gasteiger partial charge in [0, 0.05) is 5.57 Å². The molecular weight excluding hydrogens is 343 g/mol. The quantitative estimate of drug-likeness (QED) is 0.450. The van der Waals surface area contributed by atoms with Gasteiger partial charge in [0.1, 0.15) is 5.83 Å². The van der Waals surface area contributed by atoms with Crippen molar-refractivity contribution >= 4 is 0 Å². The molecule has 0 aromatic heterocycles. The average Bonchev–Trinajstić information content (AvgIpc) is 2.99. The Morgan fingerprint density at radius 1 is 0.714 bits per heavy atom. The molecule has 0 nitrogen and oxygen atoms in total. The predicted octanol–water partition coefficient (Wildman–Crippen LogP) is 7.19. The summed E-state index contributed by atoms with van der Waals surface area (Å²) in [5.74, 6) is -0.0846. The van der Waals surface area contributed by atoms with E-state index in [1.807, 2.05) is 0 Å². The topological polar surface area (TPSA) is 0 Å². The van der Waals surface area contributed by atoms with E-state index in [2.05, 4.69) is 86.7 Å². The third-order valence-electron chi connectivity index (χ3n) is 6.25. The first-order valence-corrected chi connectivity index (χ1v) is 9.98. The highest BCUT2D eigenvalue weighted by Gasteiger charge is 2.49. The molecule has 1 unspecified atom stereocenters. The van der Waals surface area contributed by atoms with Crippen LogP contribution in [0.4, 0.5) is 4.39 Å². The number of hydrogen-bond acceptors (Lipinski definition) is 0. The van der Waals surface area contributed by atoms with Crippen molar-refractivity contribution in [1.29, 1.82) is 0 Å². The summed E-state index contributed by atoms with van der Waals surface area (Å²) in [6, 6.07) is 23.6. The summed E-state index contributed by atoms with van der Waals surface area (Å²) in [7, 11) is 0. The van der Waals surface area contributed by atoms with E-state index >= 15 is 4.39 Å². The monoisotopic (exact) mass is 366 g/mol. The molecular formula is C27H23F. The lowest BCUT2D eigenvalue weighted by molar-refractivity contribution is 0.586. The molecule has 0 bridgehead atoms. The van der Waals surface area contributed by atoms with E-state index < -0.39 is 5.41 Å². The number of benzene rings is 3. The third-order valence-corrected chi connectivity index (χ3v) is 6.25. The van der Waals surface area contributed by atoms with Gasteiger partial charge in [0.15, 0.2) is 0 Å². The molecule has 0 aliphatic heterocycles. The van der Waals surface area contributed by atoms with Gasteiger partial charge in [-0.05, 0) is 66.1 Å². The Morgan fingerprint density at radius 3 is 2.18 bits per heavy atom. The van der Waals surface area contributed by atoms with Gasteiger partial charge in [-0.15, -0.1) is 0 Å². The highest BCUT2D eigenvalue weighted by Crippen LogP contribution is 2.59. The summed E-state index contributed by atoms with van der Waals surface area (Å²) < 4.78 is 15.4. The van der Waals surface area contributed by atoms with Crippen molar-refractivity contribution in [3.63, 3.8) is 0 Å². The minimum Gasteiger partial charge on any atom is -0.207 e. The van der Waals surface area contributed by atoms with Gasteiger partial charge >= 0.3 is 0 Å². The zero-order valence-electron chi connectivity index (χ0n) is 16.3. The molecule has 28 heavy (non-hydrogen) atoms. The summed E-state index contributed by atoms with van der Waals surface area (Å²) in [6.45, 7) is 4.26. The lowest BCUT2D eigenvalue weighted by atomic mass is 9.64. The Hall–Kier alpha value is -2.93. The molecule has 3 aromatic carbocycles. The first kappa shape index (κ1) is 17.2. The summed E-state index contributed by atoms with van der Waals surface area (Å²) in [5.41, 5.74) is 8.54. The molecule has 0 amide bonds. The van der Waals surface area contributed by atoms with E-state index in [1.165, 1.54) is 38.9 Å². The van der Waals surface area contributed by atoms with Gasteiger partial charge < -0.3 is 0 Å². The number of fused-ring (bicyclic) bond motifs is 3. The number of hydrogen-bond donors (Lipinski definition) is 0. The van der Waals surface area contributed by atoms with Crippen molar-refractivity contribution in [2.24, 2.45) is 0 Å². The van der Waals surface area contributed by atoms with Gasteiger partial charge in [-0.1, -0.05) is 78.4 Å². The summed E-state index contributed by atoms with van der Waals surface area (Å²) in [4.78, 5) is 0. The van der Waals surface area contributed by atoms with Crippen LogP contribution in [0.15, 0.2) is 90.3 Å². The molecule has 1 atom stereocenters. The Morgan fingerprint density at radius 2 is 1.39 bits per heavy atom. The number of rotatable bonds is 2. The summed E-state index contributed by atoms with van der Waals surface area (Å²) >= 11 is 0. The van der Waals surface area contributed by atoms with Gasteiger partial charge in [0.2, 0.25) is 0 Å². The average molecular weight is 366 g/mol. The van der Waals surface area contributed by atoms with Crippen molar-refractivity contribution in [2.45, 2.75) is 32.1 Å². The second-order valence-electron chi connectivity index (χ2n) is 7.91. The normalized spacial score (nSPS) is 20.2. The Labute approximate surface area is 166 Å². The predicted molar refractivity (Wildman–Crippen MR) is 114 cm³/mol. The molecule has 0 saturated heterocycles. The number of aryl methyl sites for hydroxylation is 2. The largest absolute Gasteiger partial charge is 0.207 e. The van der Waals surface area contributed by atoms with E-state index in [9.17, 15) is 0 Å². The van der Waals surface area contributed by atoms with Crippen LogP contribution in [-0.2, 0) is 5.41 Å². The van der Waals surface area contributed by atoms with Crippen LogP contribution in [-0.4, -0.2) is 0 Å². The van der Waals surface area contributed by atoms with Gasteiger partial charge in [-0.3, -0.25) is 0 Å². The molecule has 5 rings (SSSR count). The first-order chi connectivity index (χ1) is 13.6. The van der Waals surface area contributed by atoms with Gasteiger partial charge in [0.25, 0.3) is 0 Å². The minimum atomic E-state index is -0.607. The molecule has 0 N–H and O–H groups in total. The Kier molecular flexibility index (Phi) is 3.87. The Balaban J connectivity index is 1.99. The van der Waals surface area contributed by atoms with Gasteiger partial charge in [0.05, 0.1) is 5.41 Å². The molecule has 2 aliphatic rings. The fraction of sp³-hybridized carbons (Fsp3) is 0.185. The van der Waals surface area contributed by atoms with Crippen molar-refractivity contribution in [1.82, 2.24) is 0 Å². The first-order valence-electron chi connectivity index (χ1n) is 9.98. The van der Waals surface area contributed by atoms with Crippen LogP contribution in [0.25, 0.3) is 11.1 Å². The molecule has 138 valence electrons. The molecule has 0 spiro atoms. The highest BCUT2D eigenvalue weighted by molar-refractivity contribution is 5.87. The van der Waals surface area contributed by atoms with Crippen molar-refractivity contribution in [3.05, 3.63) is 118 Å². The van der Waals surface area contributed by atoms with Crippen LogP contribution < -0.4 is 0 Å². The maximum Gasteiger partial charge on any atom is 0.123 e. The van der Waals surface area contributed by atoms with Crippen molar-refractivity contribution in [3.8, 4) is 11.1 Å². The second kappa shape index (κ2) is 6.31. The second-order valence-corrected chi connectivity index (χ2v) is 7.91. The van der Waals surface area contributed by atoms with Crippen LogP contribution in [0.3, 0.4) is 0 Å². The fourth-order valence-corrected chi connectivity index (χ4v) is 5.09. The van der Waals surface area contributed by atoms with E-state index in [0.717, 1.165) is 18.4 Å². The number of allylic oxidation sites excluding steroid dienone is 4. The van der Waals surface area contributed by atoms with Crippen LogP contribution >= 0.6 is 0 Å². The minimum absolute atomic E-state index is 0.0846. The molecule has 0 heterocycles. The van der Waals surface area contributed by atoms with E-state index in [4.69, 9.17) is 0 Å². The van der Waals surface area contributed by atoms with E-state index in [1.54, 1.807) is 6.08 Å². The smallest absolute Gasteiger partial charge is 0.123 e. The SMILES string of the molecule is Cc1ccc2c(c1)C(C1=CCCC=C1F)(c1ccccc1C)c1ccccc1-2. The summed E-state index contributed by atoms with van der Waals surface area (Å²) in [5, 5.41) is 0. The molecule has 0 radical (unpaired) electrons. The molecule has 2 aliphatic carbocycles. The van der Waals surface area contributed by atoms with Crippen molar-refractivity contribution < 1.29 is 4.39 Å². The molecule has 1 heteroatoms. The zero-order chi connectivity index (χ0) is 19.3. The highest BCUT2D eigenvalue weighted by atomic mass is 19.1. The van der Waals surface area contributed by atoms with E-state index in [-0.39, 0.29) is 5.83 Å². The Bertz CT molecular complexity index is 1150. The van der Waals surface area contributed by atoms with E-state index in [0.29, 0.717) is 0 Å². The molecule has 3 aromatic rings. The van der Waals surface area contributed by atoms with Gasteiger partial charge in [-0.2, -0.15) is 0 Å². The van der Waals surface area contributed by atoms with Crippen LogP contribution in [0, 0.1) is 13.8 Å². The fourth-order valence-electron chi connectivity index (χ4n) is 5.09. The maximum absolute atomic E-state index is 15.4. The molecule has 0 saturated carbocycles. The summed E-state index contributed by atoms with van der Waals surface area (Å²) in [6.07, 6.45) is 5.52. The van der Waals surface area contributed by atoms with Crippen LogP contribution in [0.2, 0.25) is 0 Å². The zero-order valence-corrected chi connectivity index (χ0v) is 16.3. The van der Waals surface area contributed by atoms with Gasteiger partial charge in [-0.25, -0.2) is 4.39 Å². The van der Waals surface area contributed by atoms with Crippen molar-refractivity contribution in [2.75, 3.05) is 0 Å². The lowest BCUT2D eigenvalue weighted by Gasteiger charge is -2.37. The lowest BCUT2D eigenvalue weighted by Crippen LogP contribution is -2.31. The number of halogens is 1.